The minimum absolute atomic E-state index is 0.00718. The highest BCUT2D eigenvalue weighted by molar-refractivity contribution is 6.06. The lowest BCUT2D eigenvalue weighted by molar-refractivity contribution is -0.117. The summed E-state index contributed by atoms with van der Waals surface area (Å²) >= 11 is 0. The Morgan fingerprint density at radius 1 is 1.25 bits per heavy atom. The number of para-hydroxylation sites is 1. The van der Waals surface area contributed by atoms with Crippen LogP contribution in [0.2, 0.25) is 0 Å². The number of hydrogen-bond acceptors (Lipinski definition) is 6. The Morgan fingerprint density at radius 2 is 1.86 bits per heavy atom. The first kappa shape index (κ1) is 28.7. The quantitative estimate of drug-likeness (QED) is 0.214. The number of methoxy groups -OCH3 is 1. The van der Waals surface area contributed by atoms with E-state index in [4.69, 9.17) is 10.1 Å². The molecule has 2 atom stereocenters. The van der Waals surface area contributed by atoms with Crippen LogP contribution in [0.25, 0.3) is 0 Å². The van der Waals surface area contributed by atoms with E-state index in [2.05, 4.69) is 36.0 Å². The van der Waals surface area contributed by atoms with E-state index in [9.17, 15) is 14.0 Å². The van der Waals surface area contributed by atoms with Gasteiger partial charge >= 0.3 is 0 Å². The van der Waals surface area contributed by atoms with Crippen molar-refractivity contribution in [2.24, 2.45) is 11.8 Å². The van der Waals surface area contributed by atoms with E-state index in [-0.39, 0.29) is 23.9 Å². The maximum Gasteiger partial charge on any atom is 0.231 e. The summed E-state index contributed by atoms with van der Waals surface area (Å²) in [6.45, 7) is 11.2. The van der Waals surface area contributed by atoms with Crippen LogP contribution in [0.4, 0.5) is 21.6 Å². The molecule has 2 aromatic rings. The lowest BCUT2D eigenvalue weighted by Crippen LogP contribution is -2.17. The van der Waals surface area contributed by atoms with Gasteiger partial charge in [-0.05, 0) is 45.2 Å². The van der Waals surface area contributed by atoms with Gasteiger partial charge in [0.25, 0.3) is 0 Å². The summed E-state index contributed by atoms with van der Waals surface area (Å²) in [6, 6.07) is 6.93. The zero-order chi connectivity index (χ0) is 26.8. The Morgan fingerprint density at radius 3 is 2.36 bits per heavy atom. The van der Waals surface area contributed by atoms with Crippen molar-refractivity contribution in [3.8, 4) is 5.75 Å². The molecule has 8 heteroatoms. The standard InChI is InChI=1S/C22H23FN4O3.C3H8.C3H6/c1-11(24)13-4-3-5-17(21(13)30-2)26-18-9-19(27-22(29)14-8-16(14)23)25-10-15(18)20(28)12-6-7-12;2*1-3-2/h3-5,9-10,12,14,16,24H,6-8H2,1-2H3,(H2,25,26,27,29);3H2,1-2H3;3H,1H2,2H3. The van der Waals surface area contributed by atoms with Crippen molar-refractivity contribution in [3.05, 3.63) is 54.2 Å². The third kappa shape index (κ3) is 7.73. The fourth-order valence-corrected chi connectivity index (χ4v) is 3.34. The van der Waals surface area contributed by atoms with Gasteiger partial charge in [0.15, 0.2) is 11.5 Å². The number of pyridine rings is 1. The van der Waals surface area contributed by atoms with Gasteiger partial charge in [0.2, 0.25) is 5.91 Å². The van der Waals surface area contributed by atoms with Crippen LogP contribution in [-0.4, -0.2) is 35.7 Å². The van der Waals surface area contributed by atoms with E-state index in [1.54, 1.807) is 37.3 Å². The number of rotatable bonds is 8. The Labute approximate surface area is 213 Å². The molecule has 1 heterocycles. The van der Waals surface area contributed by atoms with E-state index in [0.717, 1.165) is 12.8 Å². The van der Waals surface area contributed by atoms with Crippen molar-refractivity contribution < 1.29 is 18.7 Å². The molecule has 4 rings (SSSR count). The van der Waals surface area contributed by atoms with Crippen molar-refractivity contribution in [2.75, 3.05) is 17.7 Å². The lowest BCUT2D eigenvalue weighted by Gasteiger charge is -2.17. The van der Waals surface area contributed by atoms with Gasteiger partial charge < -0.3 is 20.8 Å². The number of ketones is 1. The molecule has 2 aliphatic rings. The van der Waals surface area contributed by atoms with E-state index < -0.39 is 18.0 Å². The number of carbonyl (C=O) groups excluding carboxylic acids is 2. The minimum Gasteiger partial charge on any atom is -0.494 e. The van der Waals surface area contributed by atoms with Crippen LogP contribution in [0.15, 0.2) is 43.1 Å². The van der Waals surface area contributed by atoms with Gasteiger partial charge in [-0.25, -0.2) is 9.37 Å². The molecule has 2 saturated carbocycles. The molecule has 3 N–H and O–H groups in total. The fourth-order valence-electron chi connectivity index (χ4n) is 3.34. The van der Waals surface area contributed by atoms with Gasteiger partial charge in [-0.3, -0.25) is 9.59 Å². The first-order valence-corrected chi connectivity index (χ1v) is 12.3. The number of nitrogens with zero attached hydrogens (tertiary/aromatic N) is 1. The molecule has 0 aliphatic heterocycles. The summed E-state index contributed by atoms with van der Waals surface area (Å²) in [5.41, 5.74) is 2.45. The summed E-state index contributed by atoms with van der Waals surface area (Å²) in [7, 11) is 1.52. The number of hydrogen-bond donors (Lipinski definition) is 3. The number of allylic oxidation sites excluding steroid dienone is 1. The Hall–Kier alpha value is -3.55. The van der Waals surface area contributed by atoms with Crippen LogP contribution in [0.3, 0.4) is 0 Å². The average Bonchev–Trinajstić information content (AvgIpc) is 3.76. The zero-order valence-electron chi connectivity index (χ0n) is 21.8. The number of nitrogens with one attached hydrogen (secondary N) is 3. The van der Waals surface area contributed by atoms with Crippen molar-refractivity contribution in [1.82, 2.24) is 4.98 Å². The Kier molecular flexibility index (Phi) is 10.8. The minimum atomic E-state index is -1.10. The van der Waals surface area contributed by atoms with Gasteiger partial charge in [0.05, 0.1) is 30.0 Å². The summed E-state index contributed by atoms with van der Waals surface area (Å²) < 4.78 is 18.7. The van der Waals surface area contributed by atoms with Crippen LogP contribution in [0.5, 0.6) is 5.75 Å². The van der Waals surface area contributed by atoms with Crippen molar-refractivity contribution in [1.29, 1.82) is 5.41 Å². The van der Waals surface area contributed by atoms with Gasteiger partial charge in [-0.1, -0.05) is 32.4 Å². The number of Topliss-reactive ketones (excluding diaryl/α,β-unsaturated/α-hetero) is 1. The summed E-state index contributed by atoms with van der Waals surface area (Å²) in [4.78, 5) is 29.0. The molecule has 1 aromatic carbocycles. The normalized spacial score (nSPS) is 17.3. The van der Waals surface area contributed by atoms with Gasteiger partial charge in [0, 0.05) is 29.5 Å². The monoisotopic (exact) mass is 496 g/mol. The molecule has 1 amide bonds. The second kappa shape index (κ2) is 13.5. The molecule has 0 spiro atoms. The summed E-state index contributed by atoms with van der Waals surface area (Å²) in [5.74, 6) is -0.344. The van der Waals surface area contributed by atoms with Crippen LogP contribution in [0.1, 0.15) is 69.3 Å². The molecule has 36 heavy (non-hydrogen) atoms. The molecule has 2 fully saturated rings. The number of anilines is 3. The third-order valence-corrected chi connectivity index (χ3v) is 5.31. The SMILES string of the molecule is C=CC.CCC.COc1c(Nc2cc(NC(=O)C3CC3F)ncc2C(=O)C2CC2)cccc1C(C)=N. The van der Waals surface area contributed by atoms with Gasteiger partial charge in [0.1, 0.15) is 12.0 Å². The molecule has 1 aromatic heterocycles. The van der Waals surface area contributed by atoms with E-state index in [1.165, 1.54) is 19.7 Å². The number of amides is 1. The highest BCUT2D eigenvalue weighted by atomic mass is 19.1. The third-order valence-electron chi connectivity index (χ3n) is 5.31. The maximum absolute atomic E-state index is 13.2. The number of halogens is 1. The molecular formula is C28H37FN4O3. The topological polar surface area (TPSA) is 104 Å². The fraction of sp³-hybridized carbons (Fsp3) is 0.429. The molecule has 2 unspecified atom stereocenters. The predicted molar refractivity (Wildman–Crippen MR) is 144 cm³/mol. The van der Waals surface area contributed by atoms with Crippen LogP contribution in [-0.2, 0) is 4.79 Å². The van der Waals surface area contributed by atoms with Crippen LogP contribution < -0.4 is 15.4 Å². The molecule has 7 nitrogen and oxygen atoms in total. The highest BCUT2D eigenvalue weighted by Crippen LogP contribution is 2.38. The maximum atomic E-state index is 13.2. The molecule has 0 bridgehead atoms. The van der Waals surface area contributed by atoms with E-state index in [1.807, 2.05) is 6.92 Å². The lowest BCUT2D eigenvalue weighted by atomic mass is 10.1. The summed E-state index contributed by atoms with van der Waals surface area (Å²) in [5, 5.41) is 13.8. The number of benzene rings is 1. The van der Waals surface area contributed by atoms with E-state index in [0.29, 0.717) is 34.0 Å². The second-order valence-corrected chi connectivity index (χ2v) is 8.85. The number of alkyl halides is 1. The smallest absolute Gasteiger partial charge is 0.231 e. The highest BCUT2D eigenvalue weighted by Gasteiger charge is 2.43. The second-order valence-electron chi connectivity index (χ2n) is 8.85. The Balaban J connectivity index is 0.000000693. The van der Waals surface area contributed by atoms with Gasteiger partial charge in [-0.15, -0.1) is 6.58 Å². The number of carbonyl (C=O) groups is 2. The van der Waals surface area contributed by atoms with E-state index >= 15 is 0 Å². The predicted octanol–water partition coefficient (Wildman–Crippen LogP) is 6.72. The number of ether oxygens (including phenoxy) is 1. The first-order valence-electron chi connectivity index (χ1n) is 12.3. The van der Waals surface area contributed by atoms with Crippen molar-refractivity contribution >= 4 is 34.6 Å². The Bertz CT molecular complexity index is 1100. The van der Waals surface area contributed by atoms with Gasteiger partial charge in [-0.2, -0.15) is 0 Å². The number of aromatic nitrogens is 1. The zero-order valence-corrected chi connectivity index (χ0v) is 21.8. The average molecular weight is 497 g/mol. The molecule has 0 saturated heterocycles. The molecule has 194 valence electrons. The van der Waals surface area contributed by atoms with Crippen LogP contribution in [0, 0.1) is 17.2 Å². The largest absolute Gasteiger partial charge is 0.494 e. The van der Waals surface area contributed by atoms with Crippen molar-refractivity contribution in [3.63, 3.8) is 0 Å². The molecule has 0 radical (unpaired) electrons. The molecule has 2 aliphatic carbocycles. The van der Waals surface area contributed by atoms with Crippen LogP contribution >= 0.6 is 0 Å². The first-order chi connectivity index (χ1) is 17.2. The summed E-state index contributed by atoms with van der Waals surface area (Å²) in [6.07, 6.45) is 5.26. The molecular weight excluding hydrogens is 459 g/mol. The van der Waals surface area contributed by atoms with Crippen molar-refractivity contribution in [2.45, 2.75) is 59.5 Å².